The van der Waals surface area contributed by atoms with Crippen LogP contribution in [-0.2, 0) is 0 Å². The highest BCUT2D eigenvalue weighted by molar-refractivity contribution is 4.75. The van der Waals surface area contributed by atoms with Gasteiger partial charge in [-0.25, -0.2) is 0 Å². The van der Waals surface area contributed by atoms with Gasteiger partial charge in [-0.15, -0.1) is 4.91 Å². The fourth-order valence-corrected chi connectivity index (χ4v) is 1.43. The molecule has 0 aromatic rings. The van der Waals surface area contributed by atoms with E-state index in [1.54, 1.807) is 5.01 Å². The summed E-state index contributed by atoms with van der Waals surface area (Å²) in [5, 5.41) is 4.61. The largest absolute Gasteiger partial charge is 0.258 e. The van der Waals surface area contributed by atoms with Gasteiger partial charge in [0.1, 0.15) is 0 Å². The van der Waals surface area contributed by atoms with Crippen molar-refractivity contribution in [2.45, 2.75) is 32.7 Å². The van der Waals surface area contributed by atoms with Crippen molar-refractivity contribution in [1.29, 1.82) is 0 Å². The Morgan fingerprint density at radius 2 is 2.20 bits per heavy atom. The van der Waals surface area contributed by atoms with Gasteiger partial charge >= 0.3 is 0 Å². The van der Waals surface area contributed by atoms with Crippen molar-refractivity contribution in [3.8, 4) is 0 Å². The third-order valence-electron chi connectivity index (χ3n) is 2.45. The summed E-state index contributed by atoms with van der Waals surface area (Å²) in [5.74, 6) is 0.617. The van der Waals surface area contributed by atoms with E-state index < -0.39 is 0 Å². The molecule has 0 unspecified atom stereocenters. The zero-order valence-electron chi connectivity index (χ0n) is 6.58. The van der Waals surface area contributed by atoms with E-state index in [0.717, 1.165) is 13.0 Å². The molecule has 1 aliphatic rings. The molecule has 3 nitrogen and oxygen atoms in total. The second-order valence-electron chi connectivity index (χ2n) is 3.10. The fourth-order valence-electron chi connectivity index (χ4n) is 1.43. The van der Waals surface area contributed by atoms with Gasteiger partial charge in [0, 0.05) is 12.6 Å². The number of nitrogens with zero attached hydrogens (tertiary/aromatic N) is 2. The van der Waals surface area contributed by atoms with Crippen LogP contribution >= 0.6 is 0 Å². The normalized spacial score (nSPS) is 34.0. The van der Waals surface area contributed by atoms with Gasteiger partial charge in [0.05, 0.1) is 5.29 Å². The van der Waals surface area contributed by atoms with E-state index in [0.29, 0.717) is 12.0 Å². The minimum absolute atomic E-state index is 0.339. The summed E-state index contributed by atoms with van der Waals surface area (Å²) in [6.45, 7) is 5.07. The smallest absolute Gasteiger partial charge is 0.0526 e. The molecule has 0 spiro atoms. The second kappa shape index (κ2) is 2.99. The molecule has 0 aromatic carbocycles. The van der Waals surface area contributed by atoms with Crippen LogP contribution in [0, 0.1) is 10.8 Å². The molecule has 0 aliphatic carbocycles. The van der Waals surface area contributed by atoms with Gasteiger partial charge in [-0.3, -0.25) is 5.01 Å². The average Bonchev–Trinajstić information content (AvgIpc) is 1.95. The number of hydrogen-bond donors (Lipinski definition) is 0. The second-order valence-corrected chi connectivity index (χ2v) is 3.10. The van der Waals surface area contributed by atoms with Crippen molar-refractivity contribution in [1.82, 2.24) is 5.01 Å². The Morgan fingerprint density at radius 3 is 2.70 bits per heavy atom. The Morgan fingerprint density at radius 1 is 1.50 bits per heavy atom. The van der Waals surface area contributed by atoms with Gasteiger partial charge in [0.25, 0.3) is 0 Å². The van der Waals surface area contributed by atoms with Crippen molar-refractivity contribution in [3.63, 3.8) is 0 Å². The molecular formula is C7H14N2O. The van der Waals surface area contributed by atoms with Crippen LogP contribution in [0.3, 0.4) is 0 Å². The molecule has 3 heteroatoms. The first-order valence-electron chi connectivity index (χ1n) is 3.85. The third-order valence-corrected chi connectivity index (χ3v) is 2.45. The Kier molecular flexibility index (Phi) is 2.25. The quantitative estimate of drug-likeness (QED) is 0.523. The van der Waals surface area contributed by atoms with E-state index in [9.17, 15) is 4.91 Å². The lowest BCUT2D eigenvalue weighted by Crippen LogP contribution is -2.38. The molecule has 10 heavy (non-hydrogen) atoms. The van der Waals surface area contributed by atoms with Crippen molar-refractivity contribution in [2.24, 2.45) is 11.2 Å². The molecule has 2 atom stereocenters. The minimum Gasteiger partial charge on any atom is -0.258 e. The van der Waals surface area contributed by atoms with E-state index >= 15 is 0 Å². The van der Waals surface area contributed by atoms with Crippen LogP contribution in [0.15, 0.2) is 5.29 Å². The Bertz CT molecular complexity index is 127. The van der Waals surface area contributed by atoms with Gasteiger partial charge in [0.15, 0.2) is 0 Å². The fraction of sp³-hybridized carbons (Fsp3) is 1.00. The molecule has 1 fully saturated rings. The predicted octanol–water partition coefficient (Wildman–Crippen LogP) is 1.79. The summed E-state index contributed by atoms with van der Waals surface area (Å²) in [6, 6.07) is 0.339. The van der Waals surface area contributed by atoms with Crippen LogP contribution in [0.1, 0.15) is 26.7 Å². The molecule has 0 aromatic heterocycles. The summed E-state index contributed by atoms with van der Waals surface area (Å²) in [4.78, 5) is 10.2. The van der Waals surface area contributed by atoms with Crippen molar-refractivity contribution >= 4 is 0 Å². The average molecular weight is 142 g/mol. The molecule has 1 heterocycles. The topological polar surface area (TPSA) is 32.7 Å². The van der Waals surface area contributed by atoms with Crippen LogP contribution in [0.25, 0.3) is 0 Å². The van der Waals surface area contributed by atoms with E-state index in [1.165, 1.54) is 6.42 Å². The number of piperidine rings is 1. The summed E-state index contributed by atoms with van der Waals surface area (Å²) in [6.07, 6.45) is 2.34. The molecule has 0 radical (unpaired) electrons. The maximum atomic E-state index is 10.2. The molecule has 0 saturated carbocycles. The molecule has 1 saturated heterocycles. The zero-order chi connectivity index (χ0) is 7.56. The van der Waals surface area contributed by atoms with Crippen LogP contribution in [0.4, 0.5) is 0 Å². The standard InChI is InChI=1S/C7H14N2O/c1-6-4-3-5-9(8-10)7(6)2/h6-7H,3-5H2,1-2H3/t6-,7-/m0/s1. The van der Waals surface area contributed by atoms with Gasteiger partial charge in [-0.1, -0.05) is 6.92 Å². The predicted molar refractivity (Wildman–Crippen MR) is 40.4 cm³/mol. The lowest BCUT2D eigenvalue weighted by atomic mass is 9.94. The molecular weight excluding hydrogens is 128 g/mol. The highest BCUT2D eigenvalue weighted by Crippen LogP contribution is 2.22. The summed E-state index contributed by atoms with van der Waals surface area (Å²) in [7, 11) is 0. The van der Waals surface area contributed by atoms with E-state index in [-0.39, 0.29) is 0 Å². The zero-order valence-corrected chi connectivity index (χ0v) is 6.58. The summed E-state index contributed by atoms with van der Waals surface area (Å²) in [5.41, 5.74) is 0. The highest BCUT2D eigenvalue weighted by atomic mass is 16.3. The third kappa shape index (κ3) is 1.28. The van der Waals surface area contributed by atoms with E-state index in [1.807, 2.05) is 0 Å². The van der Waals surface area contributed by atoms with Crippen LogP contribution in [-0.4, -0.2) is 17.6 Å². The van der Waals surface area contributed by atoms with Gasteiger partial charge in [-0.05, 0) is 25.7 Å². The number of rotatable bonds is 1. The first-order chi connectivity index (χ1) is 4.75. The van der Waals surface area contributed by atoms with Gasteiger partial charge < -0.3 is 0 Å². The van der Waals surface area contributed by atoms with E-state index in [4.69, 9.17) is 0 Å². The first kappa shape index (κ1) is 7.51. The van der Waals surface area contributed by atoms with Crippen LogP contribution in [0.2, 0.25) is 0 Å². The molecule has 58 valence electrons. The molecule has 1 aliphatic heterocycles. The van der Waals surface area contributed by atoms with E-state index in [2.05, 4.69) is 19.1 Å². The summed E-state index contributed by atoms with van der Waals surface area (Å²) < 4.78 is 0. The van der Waals surface area contributed by atoms with Crippen LogP contribution < -0.4 is 0 Å². The maximum absolute atomic E-state index is 10.2. The Balaban J connectivity index is 2.50. The van der Waals surface area contributed by atoms with Crippen LogP contribution in [0.5, 0.6) is 0 Å². The lowest BCUT2D eigenvalue weighted by Gasteiger charge is -2.32. The Labute approximate surface area is 61.3 Å². The monoisotopic (exact) mass is 142 g/mol. The molecule has 0 amide bonds. The van der Waals surface area contributed by atoms with Crippen molar-refractivity contribution in [3.05, 3.63) is 4.91 Å². The first-order valence-corrected chi connectivity index (χ1v) is 3.85. The number of nitroso groups, excluding NO2 is 1. The van der Waals surface area contributed by atoms with Gasteiger partial charge in [0.2, 0.25) is 0 Å². The SMILES string of the molecule is C[C@H]1CCCN(N=O)[C@H]1C. The maximum Gasteiger partial charge on any atom is 0.0526 e. The highest BCUT2D eigenvalue weighted by Gasteiger charge is 2.23. The molecule has 0 bridgehead atoms. The number of hydrogen-bond acceptors (Lipinski definition) is 2. The Hall–Kier alpha value is -0.600. The van der Waals surface area contributed by atoms with Crippen molar-refractivity contribution < 1.29 is 0 Å². The van der Waals surface area contributed by atoms with Gasteiger partial charge in [-0.2, -0.15) is 0 Å². The molecule has 0 N–H and O–H groups in total. The summed E-state index contributed by atoms with van der Waals surface area (Å²) >= 11 is 0. The minimum atomic E-state index is 0.339. The lowest BCUT2D eigenvalue weighted by molar-refractivity contribution is 0.116. The molecule has 1 rings (SSSR count). The van der Waals surface area contributed by atoms with Crippen molar-refractivity contribution in [2.75, 3.05) is 6.54 Å².